The van der Waals surface area contributed by atoms with Crippen molar-refractivity contribution in [2.75, 3.05) is 4.72 Å². The molecule has 0 amide bonds. The summed E-state index contributed by atoms with van der Waals surface area (Å²) in [6.07, 6.45) is 1.49. The summed E-state index contributed by atoms with van der Waals surface area (Å²) >= 11 is 0. The van der Waals surface area contributed by atoms with Gasteiger partial charge in [0, 0.05) is 6.07 Å². The van der Waals surface area contributed by atoms with Gasteiger partial charge in [-0.1, -0.05) is 30.3 Å². The molecule has 5 nitrogen and oxygen atoms in total. The molecule has 0 bridgehead atoms. The Labute approximate surface area is 93.6 Å². The zero-order chi connectivity index (χ0) is 11.4. The standard InChI is InChI=1S/C10H11N3O2S/c14-16(15,13-10-6-7-11-12-10)8-9-4-2-1-3-5-9/h1-7H,8H2,(H2,11,12,13). The summed E-state index contributed by atoms with van der Waals surface area (Å²) in [4.78, 5) is 0. The second kappa shape index (κ2) is 4.36. The largest absolute Gasteiger partial charge is 0.267 e. The maximum Gasteiger partial charge on any atom is 0.238 e. The minimum atomic E-state index is -3.38. The molecule has 6 heteroatoms. The molecule has 1 aromatic heterocycles. The van der Waals surface area contributed by atoms with Crippen molar-refractivity contribution in [2.24, 2.45) is 0 Å². The molecule has 0 unspecified atom stereocenters. The quantitative estimate of drug-likeness (QED) is 0.842. The fraction of sp³-hybridized carbons (Fsp3) is 0.100. The number of H-pyrrole nitrogens is 1. The van der Waals surface area contributed by atoms with E-state index in [1.165, 1.54) is 6.20 Å². The van der Waals surface area contributed by atoms with E-state index in [0.29, 0.717) is 5.82 Å². The third-order valence-corrected chi connectivity index (χ3v) is 3.21. The Kier molecular flexibility index (Phi) is 2.91. The van der Waals surface area contributed by atoms with Gasteiger partial charge in [0.25, 0.3) is 0 Å². The molecule has 0 radical (unpaired) electrons. The van der Waals surface area contributed by atoms with E-state index in [1.54, 1.807) is 30.3 Å². The van der Waals surface area contributed by atoms with Crippen LogP contribution in [0.4, 0.5) is 5.82 Å². The van der Waals surface area contributed by atoms with Crippen molar-refractivity contribution >= 4 is 15.8 Å². The Balaban J connectivity index is 2.09. The molecule has 1 heterocycles. The lowest BCUT2D eigenvalue weighted by atomic mass is 10.2. The van der Waals surface area contributed by atoms with E-state index in [2.05, 4.69) is 14.9 Å². The Morgan fingerprint density at radius 3 is 2.56 bits per heavy atom. The van der Waals surface area contributed by atoms with Crippen LogP contribution in [0.3, 0.4) is 0 Å². The van der Waals surface area contributed by atoms with Gasteiger partial charge in [0.15, 0.2) is 0 Å². The van der Waals surface area contributed by atoms with Gasteiger partial charge in [-0.05, 0) is 5.56 Å². The summed E-state index contributed by atoms with van der Waals surface area (Å²) in [7, 11) is -3.38. The van der Waals surface area contributed by atoms with Crippen molar-refractivity contribution in [3.63, 3.8) is 0 Å². The van der Waals surface area contributed by atoms with Crippen LogP contribution in [-0.4, -0.2) is 18.6 Å². The number of aromatic nitrogens is 2. The molecular formula is C10H11N3O2S. The normalized spacial score (nSPS) is 11.2. The molecule has 2 aromatic rings. The van der Waals surface area contributed by atoms with Crippen molar-refractivity contribution in [3.8, 4) is 0 Å². The highest BCUT2D eigenvalue weighted by Gasteiger charge is 2.11. The van der Waals surface area contributed by atoms with Gasteiger partial charge >= 0.3 is 0 Å². The minimum Gasteiger partial charge on any atom is -0.267 e. The van der Waals surface area contributed by atoms with Gasteiger partial charge < -0.3 is 0 Å². The summed E-state index contributed by atoms with van der Waals surface area (Å²) in [5.74, 6) is 0.322. The van der Waals surface area contributed by atoms with Crippen molar-refractivity contribution in [3.05, 3.63) is 48.2 Å². The van der Waals surface area contributed by atoms with Crippen molar-refractivity contribution in [2.45, 2.75) is 5.75 Å². The molecule has 2 N–H and O–H groups in total. The van der Waals surface area contributed by atoms with Gasteiger partial charge in [0.05, 0.1) is 11.9 Å². The molecule has 0 aliphatic heterocycles. The third kappa shape index (κ3) is 2.83. The average molecular weight is 237 g/mol. The lowest BCUT2D eigenvalue weighted by molar-refractivity contribution is 0.600. The maximum absolute atomic E-state index is 11.7. The predicted molar refractivity (Wildman–Crippen MR) is 61.3 cm³/mol. The molecule has 84 valence electrons. The number of sulfonamides is 1. The van der Waals surface area contributed by atoms with Gasteiger partial charge in [0.2, 0.25) is 10.0 Å². The monoisotopic (exact) mass is 237 g/mol. The lowest BCUT2D eigenvalue weighted by Crippen LogP contribution is -2.15. The number of aromatic amines is 1. The van der Waals surface area contributed by atoms with Gasteiger partial charge in [-0.3, -0.25) is 9.82 Å². The summed E-state index contributed by atoms with van der Waals surface area (Å²) in [5.41, 5.74) is 0.745. The van der Waals surface area contributed by atoms with Crippen LogP contribution in [0.2, 0.25) is 0 Å². The first-order valence-corrected chi connectivity index (χ1v) is 6.35. The Bertz CT molecular complexity index is 535. The smallest absolute Gasteiger partial charge is 0.238 e. The van der Waals surface area contributed by atoms with E-state index in [1.807, 2.05) is 6.07 Å². The maximum atomic E-state index is 11.7. The lowest BCUT2D eigenvalue weighted by Gasteiger charge is -2.05. The third-order valence-electron chi connectivity index (χ3n) is 1.97. The highest BCUT2D eigenvalue weighted by atomic mass is 32.2. The van der Waals surface area contributed by atoms with Crippen molar-refractivity contribution < 1.29 is 8.42 Å². The average Bonchev–Trinajstić information content (AvgIpc) is 2.70. The van der Waals surface area contributed by atoms with Crippen LogP contribution in [0.15, 0.2) is 42.6 Å². The number of nitrogens with zero attached hydrogens (tertiary/aromatic N) is 1. The molecule has 0 saturated carbocycles. The van der Waals surface area contributed by atoms with E-state index in [-0.39, 0.29) is 5.75 Å². The second-order valence-electron chi connectivity index (χ2n) is 3.32. The zero-order valence-corrected chi connectivity index (χ0v) is 9.24. The van der Waals surface area contributed by atoms with Gasteiger partial charge in [-0.15, -0.1) is 0 Å². The molecule has 1 aromatic carbocycles. The minimum absolute atomic E-state index is 0.0488. The first-order valence-electron chi connectivity index (χ1n) is 4.69. The molecular weight excluding hydrogens is 226 g/mol. The molecule has 0 fully saturated rings. The summed E-state index contributed by atoms with van der Waals surface area (Å²) < 4.78 is 25.8. The molecule has 0 aliphatic carbocycles. The first-order chi connectivity index (χ1) is 7.66. The number of hydrogen-bond acceptors (Lipinski definition) is 3. The SMILES string of the molecule is O=S(=O)(Cc1ccccc1)Nc1ccn[nH]1. The molecule has 16 heavy (non-hydrogen) atoms. The number of benzene rings is 1. The van der Waals surface area contributed by atoms with Gasteiger partial charge in [-0.25, -0.2) is 8.42 Å². The zero-order valence-electron chi connectivity index (χ0n) is 8.42. The fourth-order valence-corrected chi connectivity index (χ4v) is 2.46. The number of hydrogen-bond donors (Lipinski definition) is 2. The number of nitrogens with one attached hydrogen (secondary N) is 2. The van der Waals surface area contributed by atoms with E-state index in [4.69, 9.17) is 0 Å². The van der Waals surface area contributed by atoms with Crippen LogP contribution in [-0.2, 0) is 15.8 Å². The van der Waals surface area contributed by atoms with Gasteiger partial charge in [0.1, 0.15) is 5.82 Å². The van der Waals surface area contributed by atoms with Crippen LogP contribution in [0.25, 0.3) is 0 Å². The number of anilines is 1. The summed E-state index contributed by atoms with van der Waals surface area (Å²) in [6.45, 7) is 0. The highest BCUT2D eigenvalue weighted by molar-refractivity contribution is 7.91. The van der Waals surface area contributed by atoms with Gasteiger partial charge in [-0.2, -0.15) is 5.10 Å². The topological polar surface area (TPSA) is 74.8 Å². The molecule has 2 rings (SSSR count). The highest BCUT2D eigenvalue weighted by Crippen LogP contribution is 2.09. The molecule has 0 aliphatic rings. The summed E-state index contributed by atoms with van der Waals surface area (Å²) in [6, 6.07) is 10.6. The van der Waals surface area contributed by atoms with E-state index in [9.17, 15) is 8.42 Å². The van der Waals surface area contributed by atoms with E-state index < -0.39 is 10.0 Å². The first kappa shape index (κ1) is 10.7. The summed E-state index contributed by atoms with van der Waals surface area (Å²) in [5, 5.41) is 6.20. The fourth-order valence-electron chi connectivity index (χ4n) is 1.31. The van der Waals surface area contributed by atoms with Crippen molar-refractivity contribution in [1.29, 1.82) is 0 Å². The Morgan fingerprint density at radius 2 is 1.94 bits per heavy atom. The predicted octanol–water partition coefficient (Wildman–Crippen LogP) is 1.35. The van der Waals surface area contributed by atoms with E-state index >= 15 is 0 Å². The molecule has 0 saturated heterocycles. The molecule has 0 spiro atoms. The molecule has 0 atom stereocenters. The van der Waals surface area contributed by atoms with Crippen LogP contribution in [0.1, 0.15) is 5.56 Å². The number of rotatable bonds is 4. The Morgan fingerprint density at radius 1 is 1.19 bits per heavy atom. The van der Waals surface area contributed by atoms with Crippen LogP contribution < -0.4 is 4.72 Å². The van der Waals surface area contributed by atoms with Crippen LogP contribution in [0.5, 0.6) is 0 Å². The van der Waals surface area contributed by atoms with Crippen LogP contribution >= 0.6 is 0 Å². The van der Waals surface area contributed by atoms with E-state index in [0.717, 1.165) is 5.56 Å². The second-order valence-corrected chi connectivity index (χ2v) is 5.04. The Hall–Kier alpha value is -1.82. The van der Waals surface area contributed by atoms with Crippen LogP contribution in [0, 0.1) is 0 Å². The van der Waals surface area contributed by atoms with Crippen molar-refractivity contribution in [1.82, 2.24) is 10.2 Å².